The fraction of sp³-hybridized carbons (Fsp3) is 0.256. The van der Waals surface area contributed by atoms with E-state index in [1.807, 2.05) is 6.08 Å². The smallest absolute Gasteiger partial charge is 0.417 e. The van der Waals surface area contributed by atoms with Crippen LogP contribution >= 0.6 is 34.8 Å². The predicted octanol–water partition coefficient (Wildman–Crippen LogP) is 7.96. The Morgan fingerprint density at radius 3 is 2.20 bits per heavy atom. The number of amides is 4. The van der Waals surface area contributed by atoms with Gasteiger partial charge in [0.2, 0.25) is 11.8 Å². The van der Waals surface area contributed by atoms with Crippen LogP contribution in [0.5, 0.6) is 11.5 Å². The first kappa shape index (κ1) is 36.8. The number of aromatic hydroxyl groups is 1. The molecule has 0 radical (unpaired) electrons. The van der Waals surface area contributed by atoms with E-state index in [2.05, 4.69) is 10.4 Å². The number of fused-ring (bicyclic) bond motifs is 4. The maximum Gasteiger partial charge on any atom is 0.417 e. The molecular formula is C39H28Cl3F3N4O6. The summed E-state index contributed by atoms with van der Waals surface area (Å²) in [5, 5.41) is 11.6. The number of hydrogen-bond acceptors (Lipinski definition) is 8. The van der Waals surface area contributed by atoms with Crippen molar-refractivity contribution in [1.82, 2.24) is 9.99 Å². The number of pyridine rings is 1. The predicted molar refractivity (Wildman–Crippen MR) is 195 cm³/mol. The van der Waals surface area contributed by atoms with Crippen LogP contribution in [-0.2, 0) is 30.8 Å². The highest BCUT2D eigenvalue weighted by atomic mass is 35.5. The fourth-order valence-corrected chi connectivity index (χ4v) is 9.34. The fourth-order valence-electron chi connectivity index (χ4n) is 8.88. The highest BCUT2D eigenvalue weighted by Gasteiger charge is 2.70. The summed E-state index contributed by atoms with van der Waals surface area (Å²) in [6, 6.07) is 17.8. The number of rotatable bonds is 6. The van der Waals surface area contributed by atoms with Gasteiger partial charge in [-0.2, -0.15) is 18.2 Å². The highest BCUT2D eigenvalue weighted by molar-refractivity contribution is 6.33. The van der Waals surface area contributed by atoms with Crippen molar-refractivity contribution in [3.05, 3.63) is 122 Å². The highest BCUT2D eigenvalue weighted by Crippen LogP contribution is 2.64. The van der Waals surface area contributed by atoms with Gasteiger partial charge in [-0.15, -0.1) is 0 Å². The molecule has 1 aromatic heterocycles. The summed E-state index contributed by atoms with van der Waals surface area (Å²) >= 11 is 18.7. The Morgan fingerprint density at radius 1 is 0.891 bits per heavy atom. The van der Waals surface area contributed by atoms with E-state index in [4.69, 9.17) is 39.5 Å². The van der Waals surface area contributed by atoms with Crippen molar-refractivity contribution in [1.29, 1.82) is 0 Å². The molecule has 8 rings (SSSR count). The van der Waals surface area contributed by atoms with Crippen LogP contribution in [0.1, 0.15) is 35.4 Å². The minimum Gasteiger partial charge on any atom is -0.504 e. The number of anilines is 2. The lowest BCUT2D eigenvalue weighted by Crippen LogP contribution is -2.53. The molecule has 2 saturated heterocycles. The molecule has 6 unspecified atom stereocenters. The van der Waals surface area contributed by atoms with Gasteiger partial charge >= 0.3 is 6.18 Å². The van der Waals surface area contributed by atoms with Crippen LogP contribution in [0.2, 0.25) is 15.1 Å². The molecule has 3 heterocycles. The average Bonchev–Trinajstić information content (AvgIpc) is 3.53. The normalized spacial score (nSPS) is 26.1. The number of halogens is 6. The minimum absolute atomic E-state index is 0.0637. The molecule has 6 atom stereocenters. The van der Waals surface area contributed by atoms with Crippen LogP contribution in [0.4, 0.5) is 24.7 Å². The lowest BCUT2D eigenvalue weighted by atomic mass is 9.49. The maximum absolute atomic E-state index is 15.3. The molecule has 0 spiro atoms. The molecule has 10 nitrogen and oxygen atoms in total. The number of allylic oxidation sites excluding steroid dienone is 2. The number of carbonyl (C=O) groups is 4. The van der Waals surface area contributed by atoms with Gasteiger partial charge in [-0.05, 0) is 84.5 Å². The molecule has 3 fully saturated rings. The van der Waals surface area contributed by atoms with Crippen LogP contribution in [0.15, 0.2) is 90.6 Å². The van der Waals surface area contributed by atoms with Crippen LogP contribution in [0, 0.1) is 23.7 Å². The molecule has 55 heavy (non-hydrogen) atoms. The maximum atomic E-state index is 15.3. The molecule has 4 amide bonds. The van der Waals surface area contributed by atoms with Crippen molar-refractivity contribution < 1.29 is 42.2 Å². The summed E-state index contributed by atoms with van der Waals surface area (Å²) in [7, 11) is 1.36. The van der Waals surface area contributed by atoms with Crippen molar-refractivity contribution in [2.45, 2.75) is 30.4 Å². The molecule has 3 aromatic carbocycles. The molecule has 0 bridgehead atoms. The third-order valence-corrected chi connectivity index (χ3v) is 12.0. The van der Waals surface area contributed by atoms with E-state index in [0.717, 1.165) is 4.90 Å². The summed E-state index contributed by atoms with van der Waals surface area (Å²) < 4.78 is 45.9. The topological polar surface area (TPSA) is 129 Å². The van der Waals surface area contributed by atoms with E-state index in [-0.39, 0.29) is 30.2 Å². The van der Waals surface area contributed by atoms with Gasteiger partial charge in [-0.3, -0.25) is 29.5 Å². The number of nitrogens with one attached hydrogen (secondary N) is 1. The zero-order valence-electron chi connectivity index (χ0n) is 28.5. The monoisotopic (exact) mass is 810 g/mol. The zero-order valence-corrected chi connectivity index (χ0v) is 30.7. The van der Waals surface area contributed by atoms with Gasteiger partial charge in [0.1, 0.15) is 0 Å². The van der Waals surface area contributed by atoms with Crippen LogP contribution in [0.25, 0.3) is 0 Å². The molecule has 4 aromatic rings. The molecule has 282 valence electrons. The SMILES string of the molecule is COc1cc(C2C3=CCC4C(=O)N(c5ccc(Cl)cc5)C(=O)C4C3CC3C(=O)N(Nc4ncc(C(F)(F)F)cc4Cl)C(=O)C32c2ccc(Cl)cc2)ccc1O. The number of carbonyl (C=O) groups excluding carboxylic acids is 4. The molecule has 2 aliphatic heterocycles. The van der Waals surface area contributed by atoms with Gasteiger partial charge in [-0.1, -0.05) is 64.7 Å². The largest absolute Gasteiger partial charge is 0.504 e. The van der Waals surface area contributed by atoms with E-state index in [9.17, 15) is 32.7 Å². The number of phenols is 1. The van der Waals surface area contributed by atoms with E-state index in [0.29, 0.717) is 49.7 Å². The summed E-state index contributed by atoms with van der Waals surface area (Å²) in [5.41, 5.74) is 1.50. The lowest BCUT2D eigenvalue weighted by Gasteiger charge is -2.50. The second-order valence-electron chi connectivity index (χ2n) is 13.8. The number of hydrazine groups is 1. The first-order valence-corrected chi connectivity index (χ1v) is 18.1. The molecule has 4 aliphatic rings. The first-order valence-electron chi connectivity index (χ1n) is 17.0. The number of alkyl halides is 3. The Kier molecular flexibility index (Phi) is 8.90. The van der Waals surface area contributed by atoms with Crippen LogP contribution in [0.3, 0.4) is 0 Å². The number of aromatic nitrogens is 1. The van der Waals surface area contributed by atoms with Gasteiger partial charge in [0, 0.05) is 22.2 Å². The number of imide groups is 2. The number of benzene rings is 3. The van der Waals surface area contributed by atoms with E-state index >= 15 is 4.79 Å². The summed E-state index contributed by atoms with van der Waals surface area (Å²) in [6.45, 7) is 0. The van der Waals surface area contributed by atoms with E-state index in [1.54, 1.807) is 60.7 Å². The molecular weight excluding hydrogens is 784 g/mol. The lowest BCUT2D eigenvalue weighted by molar-refractivity contribution is -0.139. The molecule has 1 saturated carbocycles. The Morgan fingerprint density at radius 2 is 1.56 bits per heavy atom. The zero-order chi connectivity index (χ0) is 39.1. The molecule has 2 aliphatic carbocycles. The van der Waals surface area contributed by atoms with Gasteiger partial charge in [-0.25, -0.2) is 4.98 Å². The Balaban J connectivity index is 1.32. The van der Waals surface area contributed by atoms with Crippen LogP contribution in [-0.4, -0.2) is 45.8 Å². The van der Waals surface area contributed by atoms with Gasteiger partial charge in [0.15, 0.2) is 17.3 Å². The van der Waals surface area contributed by atoms with Crippen molar-refractivity contribution in [2.24, 2.45) is 23.7 Å². The Hall–Kier alpha value is -5.11. The van der Waals surface area contributed by atoms with Crippen molar-refractivity contribution in [2.75, 3.05) is 17.4 Å². The van der Waals surface area contributed by atoms with Gasteiger partial charge in [0.25, 0.3) is 11.8 Å². The first-order chi connectivity index (χ1) is 26.2. The second-order valence-corrected chi connectivity index (χ2v) is 15.1. The van der Waals surface area contributed by atoms with Crippen molar-refractivity contribution in [3.8, 4) is 11.5 Å². The van der Waals surface area contributed by atoms with Crippen molar-refractivity contribution >= 4 is 69.9 Å². The minimum atomic E-state index is -4.76. The van der Waals surface area contributed by atoms with E-state index < -0.39 is 75.4 Å². The number of nitrogens with zero attached hydrogens (tertiary/aromatic N) is 3. The quantitative estimate of drug-likeness (QED) is 0.148. The molecule has 2 N–H and O–H groups in total. The van der Waals surface area contributed by atoms with Gasteiger partial charge in [0.05, 0.1) is 46.6 Å². The second kappa shape index (κ2) is 13.3. The number of hydrogen-bond donors (Lipinski definition) is 2. The number of methoxy groups -OCH3 is 1. The summed E-state index contributed by atoms with van der Waals surface area (Å²) in [4.78, 5) is 63.5. The molecule has 16 heteroatoms. The van der Waals surface area contributed by atoms with Crippen molar-refractivity contribution in [3.63, 3.8) is 0 Å². The van der Waals surface area contributed by atoms with E-state index in [1.165, 1.54) is 13.2 Å². The Labute approximate surface area is 326 Å². The van der Waals surface area contributed by atoms with Gasteiger partial charge < -0.3 is 9.84 Å². The number of phenolic OH excluding ortho intramolecular Hbond substituents is 1. The standard InChI is InChI=1S/C39H28Cl3F3N4O6/c1-55-30-14-18(2-13-29(30)50)32-24-11-12-25-31(36(53)48(34(25)51)23-9-7-22(41)8-10-23)26(24)16-27-35(52)49(37(54)38(27,32)19-3-5-21(40)6-4-19)47-33-28(42)15-20(17-46-33)39(43,44)45/h2-11,13-15,17,25-27,31-32,50H,12,16H2,1H3,(H,46,47). The Bertz CT molecular complexity index is 2320. The average molecular weight is 812 g/mol. The summed E-state index contributed by atoms with van der Waals surface area (Å²) in [5.74, 6) is -7.54. The third-order valence-electron chi connectivity index (χ3n) is 11.2. The third kappa shape index (κ3) is 5.65. The van der Waals surface area contributed by atoms with Crippen LogP contribution < -0.4 is 15.1 Å². The summed E-state index contributed by atoms with van der Waals surface area (Å²) in [6.07, 6.45) is -2.30. The number of ether oxygens (including phenoxy) is 1.